The largest absolute Gasteiger partial charge is 0.372 e. The topological polar surface area (TPSA) is 50.2 Å². The fraction of sp³-hybridized carbons (Fsp3) is 0.333. The van der Waals surface area contributed by atoms with Crippen LogP contribution >= 0.6 is 0 Å². The zero-order valence-electron chi connectivity index (χ0n) is 11.3. The average Bonchev–Trinajstić information content (AvgIpc) is 3.12. The smallest absolute Gasteiger partial charge is 0.246 e. The summed E-state index contributed by atoms with van der Waals surface area (Å²) in [5.41, 5.74) is 2.05. The number of nitrogens with one attached hydrogen (secondary N) is 1. The van der Waals surface area contributed by atoms with Crippen LogP contribution in [-0.4, -0.2) is 28.8 Å². The molecule has 1 aromatic heterocycles. The van der Waals surface area contributed by atoms with Crippen molar-refractivity contribution in [3.05, 3.63) is 42.7 Å². The van der Waals surface area contributed by atoms with Gasteiger partial charge in [0.1, 0.15) is 6.54 Å². The SMILES string of the molecule is O=C(Cn1cccn1)Nc1ccc(N2CCCC2)cc1. The molecule has 0 radical (unpaired) electrons. The number of hydrogen-bond acceptors (Lipinski definition) is 3. The van der Waals surface area contributed by atoms with Crippen molar-refractivity contribution >= 4 is 17.3 Å². The number of hydrogen-bond donors (Lipinski definition) is 1. The van der Waals surface area contributed by atoms with Gasteiger partial charge in [-0.15, -0.1) is 0 Å². The number of carbonyl (C=O) groups is 1. The predicted octanol–water partition coefficient (Wildman–Crippen LogP) is 2.12. The number of carbonyl (C=O) groups excluding carboxylic acids is 1. The lowest BCUT2D eigenvalue weighted by Crippen LogP contribution is -2.19. The molecule has 3 rings (SSSR count). The second-order valence-electron chi connectivity index (χ2n) is 4.99. The minimum atomic E-state index is -0.0670. The van der Waals surface area contributed by atoms with Crippen LogP contribution in [0.15, 0.2) is 42.7 Å². The van der Waals surface area contributed by atoms with E-state index in [1.807, 2.05) is 12.1 Å². The summed E-state index contributed by atoms with van der Waals surface area (Å²) in [5, 5.41) is 6.89. The third-order valence-corrected chi connectivity index (χ3v) is 3.49. The van der Waals surface area contributed by atoms with Crippen LogP contribution in [0, 0.1) is 0 Å². The number of amides is 1. The molecule has 1 saturated heterocycles. The molecule has 0 atom stereocenters. The van der Waals surface area contributed by atoms with Crippen LogP contribution in [-0.2, 0) is 11.3 Å². The van der Waals surface area contributed by atoms with Gasteiger partial charge in [-0.3, -0.25) is 9.48 Å². The summed E-state index contributed by atoms with van der Waals surface area (Å²) >= 11 is 0. The maximum atomic E-state index is 11.8. The van der Waals surface area contributed by atoms with Gasteiger partial charge >= 0.3 is 0 Å². The summed E-state index contributed by atoms with van der Waals surface area (Å²) in [7, 11) is 0. The lowest BCUT2D eigenvalue weighted by Gasteiger charge is -2.17. The van der Waals surface area contributed by atoms with Crippen LogP contribution in [0.5, 0.6) is 0 Å². The Morgan fingerprint density at radius 2 is 1.95 bits per heavy atom. The van der Waals surface area contributed by atoms with Crippen molar-refractivity contribution in [2.45, 2.75) is 19.4 Å². The van der Waals surface area contributed by atoms with E-state index in [0.29, 0.717) is 0 Å². The van der Waals surface area contributed by atoms with Gasteiger partial charge in [-0.1, -0.05) is 0 Å². The molecule has 1 amide bonds. The first kappa shape index (κ1) is 12.7. The molecule has 1 N–H and O–H groups in total. The number of aromatic nitrogens is 2. The molecule has 0 aliphatic carbocycles. The van der Waals surface area contributed by atoms with E-state index in [0.717, 1.165) is 18.8 Å². The van der Waals surface area contributed by atoms with Crippen molar-refractivity contribution in [1.82, 2.24) is 9.78 Å². The third kappa shape index (κ3) is 2.99. The summed E-state index contributed by atoms with van der Waals surface area (Å²) in [5.74, 6) is -0.0670. The average molecular weight is 270 g/mol. The van der Waals surface area contributed by atoms with Gasteiger partial charge in [0.15, 0.2) is 0 Å². The van der Waals surface area contributed by atoms with Crippen molar-refractivity contribution in [3.8, 4) is 0 Å². The lowest BCUT2D eigenvalue weighted by atomic mass is 10.2. The summed E-state index contributed by atoms with van der Waals surface area (Å²) in [6.07, 6.45) is 5.97. The molecule has 5 nitrogen and oxygen atoms in total. The highest BCUT2D eigenvalue weighted by molar-refractivity contribution is 5.90. The normalized spacial score (nSPS) is 14.5. The van der Waals surface area contributed by atoms with Crippen LogP contribution in [0.3, 0.4) is 0 Å². The standard InChI is InChI=1S/C15H18N4O/c20-15(12-19-11-3-8-16-19)17-13-4-6-14(7-5-13)18-9-1-2-10-18/h3-8,11H,1-2,9-10,12H2,(H,17,20). The fourth-order valence-electron chi connectivity index (χ4n) is 2.47. The monoisotopic (exact) mass is 270 g/mol. The van der Waals surface area contributed by atoms with Crippen molar-refractivity contribution < 1.29 is 4.79 Å². The Balaban J connectivity index is 1.58. The van der Waals surface area contributed by atoms with Crippen LogP contribution < -0.4 is 10.2 Å². The Kier molecular flexibility index (Phi) is 3.67. The van der Waals surface area contributed by atoms with Crippen molar-refractivity contribution in [2.75, 3.05) is 23.3 Å². The van der Waals surface area contributed by atoms with Crippen molar-refractivity contribution in [3.63, 3.8) is 0 Å². The first-order valence-electron chi connectivity index (χ1n) is 6.93. The summed E-state index contributed by atoms with van der Waals surface area (Å²) < 4.78 is 1.61. The first-order valence-corrected chi connectivity index (χ1v) is 6.93. The number of anilines is 2. The second-order valence-corrected chi connectivity index (χ2v) is 4.99. The van der Waals surface area contributed by atoms with Crippen LogP contribution in [0.25, 0.3) is 0 Å². The van der Waals surface area contributed by atoms with E-state index in [1.54, 1.807) is 23.1 Å². The fourth-order valence-corrected chi connectivity index (χ4v) is 2.47. The Morgan fingerprint density at radius 1 is 1.20 bits per heavy atom. The summed E-state index contributed by atoms with van der Waals surface area (Å²) in [4.78, 5) is 14.2. The molecule has 1 aliphatic heterocycles. The molecule has 0 spiro atoms. The van der Waals surface area contributed by atoms with Gasteiger partial charge in [-0.2, -0.15) is 5.10 Å². The number of rotatable bonds is 4. The minimum absolute atomic E-state index is 0.0670. The van der Waals surface area contributed by atoms with Gasteiger partial charge < -0.3 is 10.2 Å². The molecule has 20 heavy (non-hydrogen) atoms. The molecule has 5 heteroatoms. The van der Waals surface area contributed by atoms with Crippen LogP contribution in [0.1, 0.15) is 12.8 Å². The van der Waals surface area contributed by atoms with E-state index >= 15 is 0 Å². The lowest BCUT2D eigenvalue weighted by molar-refractivity contribution is -0.116. The molecule has 1 aromatic carbocycles. The maximum Gasteiger partial charge on any atom is 0.246 e. The van der Waals surface area contributed by atoms with Gasteiger partial charge in [0.05, 0.1) is 0 Å². The third-order valence-electron chi connectivity index (χ3n) is 3.49. The molecule has 0 unspecified atom stereocenters. The zero-order chi connectivity index (χ0) is 13.8. The molecule has 0 saturated carbocycles. The van der Waals surface area contributed by atoms with E-state index in [1.165, 1.54) is 18.5 Å². The van der Waals surface area contributed by atoms with Crippen molar-refractivity contribution in [1.29, 1.82) is 0 Å². The van der Waals surface area contributed by atoms with E-state index < -0.39 is 0 Å². The van der Waals surface area contributed by atoms with Gasteiger partial charge in [-0.05, 0) is 43.2 Å². The van der Waals surface area contributed by atoms with Gasteiger partial charge in [0.2, 0.25) is 5.91 Å². The van der Waals surface area contributed by atoms with E-state index in [4.69, 9.17) is 0 Å². The highest BCUT2D eigenvalue weighted by atomic mass is 16.2. The quantitative estimate of drug-likeness (QED) is 0.926. The zero-order valence-corrected chi connectivity index (χ0v) is 11.3. The molecule has 2 aromatic rings. The first-order chi connectivity index (χ1) is 9.81. The van der Waals surface area contributed by atoms with Crippen LogP contribution in [0.4, 0.5) is 11.4 Å². The van der Waals surface area contributed by atoms with Crippen molar-refractivity contribution in [2.24, 2.45) is 0 Å². The molecular weight excluding hydrogens is 252 g/mol. The Bertz CT molecular complexity index is 556. The molecular formula is C15H18N4O. The van der Waals surface area contributed by atoms with E-state index in [9.17, 15) is 4.79 Å². The second kappa shape index (κ2) is 5.77. The minimum Gasteiger partial charge on any atom is -0.372 e. The molecule has 2 heterocycles. The summed E-state index contributed by atoms with van der Waals surface area (Å²) in [6, 6.07) is 9.84. The Labute approximate surface area is 118 Å². The maximum absolute atomic E-state index is 11.8. The van der Waals surface area contributed by atoms with Gasteiger partial charge in [-0.25, -0.2) is 0 Å². The molecule has 1 aliphatic rings. The molecule has 0 bridgehead atoms. The van der Waals surface area contributed by atoms with Gasteiger partial charge in [0.25, 0.3) is 0 Å². The number of nitrogens with zero attached hydrogens (tertiary/aromatic N) is 3. The highest BCUT2D eigenvalue weighted by Gasteiger charge is 2.12. The van der Waals surface area contributed by atoms with E-state index in [-0.39, 0.29) is 12.5 Å². The van der Waals surface area contributed by atoms with Gasteiger partial charge in [0, 0.05) is 36.9 Å². The number of benzene rings is 1. The predicted molar refractivity (Wildman–Crippen MR) is 78.7 cm³/mol. The molecule has 1 fully saturated rings. The highest BCUT2D eigenvalue weighted by Crippen LogP contribution is 2.21. The van der Waals surface area contributed by atoms with Crippen LogP contribution in [0.2, 0.25) is 0 Å². The Morgan fingerprint density at radius 3 is 2.60 bits per heavy atom. The summed E-state index contributed by atoms with van der Waals surface area (Å²) in [6.45, 7) is 2.50. The Hall–Kier alpha value is -2.30. The molecule has 104 valence electrons. The van der Waals surface area contributed by atoms with E-state index in [2.05, 4.69) is 27.4 Å².